The average molecular weight is 388 g/mol. The van der Waals surface area contributed by atoms with Crippen LogP contribution in [0.15, 0.2) is 30.3 Å². The molecule has 2 N–H and O–H groups in total. The lowest BCUT2D eigenvalue weighted by molar-refractivity contribution is 0.198. The lowest BCUT2D eigenvalue weighted by Gasteiger charge is -2.22. The first kappa shape index (κ1) is 18.0. The van der Waals surface area contributed by atoms with Gasteiger partial charge in [0.05, 0.1) is 17.2 Å². The molecule has 0 radical (unpaired) electrons. The van der Waals surface area contributed by atoms with Gasteiger partial charge in [-0.2, -0.15) is 5.10 Å². The molecule has 0 bridgehead atoms. The summed E-state index contributed by atoms with van der Waals surface area (Å²) in [5.74, 6) is 0.456. The molecule has 1 saturated heterocycles. The first-order valence-corrected chi connectivity index (χ1v) is 11.2. The second-order valence-corrected chi connectivity index (χ2v) is 9.57. The van der Waals surface area contributed by atoms with Crippen LogP contribution in [-0.2, 0) is 22.7 Å². The van der Waals surface area contributed by atoms with Crippen molar-refractivity contribution in [2.45, 2.75) is 19.3 Å². The normalized spacial score (nSPS) is 21.5. The third kappa shape index (κ3) is 4.00. The lowest BCUT2D eigenvalue weighted by atomic mass is 10.0. The number of H-pyrrole nitrogens is 1. The van der Waals surface area contributed by atoms with Gasteiger partial charge >= 0.3 is 6.03 Å². The summed E-state index contributed by atoms with van der Waals surface area (Å²) >= 11 is 0. The van der Waals surface area contributed by atoms with Crippen LogP contribution in [0, 0.1) is 5.92 Å². The Morgan fingerprint density at radius 1 is 1.22 bits per heavy atom. The van der Waals surface area contributed by atoms with Crippen molar-refractivity contribution in [3.63, 3.8) is 0 Å². The number of urea groups is 1. The van der Waals surface area contributed by atoms with Crippen LogP contribution in [-0.4, -0.2) is 60.7 Å². The van der Waals surface area contributed by atoms with Crippen molar-refractivity contribution in [3.05, 3.63) is 41.6 Å². The Labute approximate surface area is 159 Å². The molecule has 3 heterocycles. The monoisotopic (exact) mass is 388 g/mol. The van der Waals surface area contributed by atoms with Gasteiger partial charge in [0.15, 0.2) is 9.84 Å². The summed E-state index contributed by atoms with van der Waals surface area (Å²) in [6.45, 7) is 1.68. The van der Waals surface area contributed by atoms with E-state index < -0.39 is 9.84 Å². The number of fused-ring (bicyclic) bond motifs is 1. The van der Waals surface area contributed by atoms with Crippen molar-refractivity contribution in [1.29, 1.82) is 0 Å². The fraction of sp³-hybridized carbons (Fsp3) is 0.474. The van der Waals surface area contributed by atoms with Gasteiger partial charge in [0.2, 0.25) is 0 Å². The molecular weight excluding hydrogens is 364 g/mol. The average Bonchev–Trinajstić information content (AvgIpc) is 3.16. The standard InChI is InChI=1S/C19H24N4O3S/c24-19(20-12-14-8-11-27(25,26)13-14)23-9-6-16-17(7-10-23)21-22-18(16)15-4-2-1-3-5-15/h1-5,14H,6-13H2,(H,20,24)(H,21,22). The van der Waals surface area contributed by atoms with Crippen molar-refractivity contribution in [2.24, 2.45) is 5.92 Å². The van der Waals surface area contributed by atoms with E-state index in [4.69, 9.17) is 0 Å². The molecule has 0 aliphatic carbocycles. The van der Waals surface area contributed by atoms with E-state index in [1.54, 1.807) is 0 Å². The first-order chi connectivity index (χ1) is 13.0. The van der Waals surface area contributed by atoms with Gasteiger partial charge in [-0.05, 0) is 18.8 Å². The van der Waals surface area contributed by atoms with Crippen LogP contribution >= 0.6 is 0 Å². The van der Waals surface area contributed by atoms with E-state index in [-0.39, 0.29) is 23.5 Å². The molecule has 1 aromatic carbocycles. The molecule has 27 heavy (non-hydrogen) atoms. The third-order valence-electron chi connectivity index (χ3n) is 5.42. The number of aromatic nitrogens is 2. The predicted molar refractivity (Wildman–Crippen MR) is 103 cm³/mol. The van der Waals surface area contributed by atoms with Crippen LogP contribution in [0.2, 0.25) is 0 Å². The van der Waals surface area contributed by atoms with Gasteiger partial charge in [-0.3, -0.25) is 5.10 Å². The molecule has 2 aliphatic heterocycles. The summed E-state index contributed by atoms with van der Waals surface area (Å²) in [4.78, 5) is 14.3. The van der Waals surface area contributed by atoms with Gasteiger partial charge in [0, 0.05) is 42.9 Å². The number of aromatic amines is 1. The van der Waals surface area contributed by atoms with Crippen molar-refractivity contribution in [1.82, 2.24) is 20.4 Å². The molecule has 2 aliphatic rings. The first-order valence-electron chi connectivity index (χ1n) is 9.36. The molecule has 0 saturated carbocycles. The van der Waals surface area contributed by atoms with Crippen molar-refractivity contribution < 1.29 is 13.2 Å². The zero-order chi connectivity index (χ0) is 18.9. The number of amides is 2. The Morgan fingerprint density at radius 2 is 2.00 bits per heavy atom. The van der Waals surface area contributed by atoms with E-state index in [0.29, 0.717) is 26.1 Å². The molecule has 2 aromatic rings. The molecule has 8 heteroatoms. The van der Waals surface area contributed by atoms with Crippen LogP contribution in [0.1, 0.15) is 17.7 Å². The van der Waals surface area contributed by atoms with Crippen molar-refractivity contribution >= 4 is 15.9 Å². The molecule has 1 aromatic heterocycles. The lowest BCUT2D eigenvalue weighted by Crippen LogP contribution is -2.43. The zero-order valence-corrected chi connectivity index (χ0v) is 16.0. The van der Waals surface area contributed by atoms with Gasteiger partial charge in [0.25, 0.3) is 0 Å². The summed E-state index contributed by atoms with van der Waals surface area (Å²) in [6.07, 6.45) is 2.13. The molecule has 4 rings (SSSR count). The third-order valence-corrected chi connectivity index (χ3v) is 7.26. The van der Waals surface area contributed by atoms with E-state index in [2.05, 4.69) is 15.5 Å². The minimum atomic E-state index is -2.91. The molecule has 2 amide bonds. The number of nitrogens with zero attached hydrogens (tertiary/aromatic N) is 2. The van der Waals surface area contributed by atoms with Crippen molar-refractivity contribution in [2.75, 3.05) is 31.1 Å². The topological polar surface area (TPSA) is 95.2 Å². The Kier molecular flexibility index (Phi) is 4.90. The van der Waals surface area contributed by atoms with Crippen LogP contribution in [0.3, 0.4) is 0 Å². The highest BCUT2D eigenvalue weighted by Gasteiger charge is 2.29. The minimum absolute atomic E-state index is 0.0348. The van der Waals surface area contributed by atoms with Gasteiger partial charge in [-0.15, -0.1) is 0 Å². The van der Waals surface area contributed by atoms with Crippen LogP contribution in [0.5, 0.6) is 0 Å². The molecule has 144 valence electrons. The molecular formula is C19H24N4O3S. The summed E-state index contributed by atoms with van der Waals surface area (Å²) in [5, 5.41) is 10.5. The van der Waals surface area contributed by atoms with Gasteiger partial charge < -0.3 is 10.2 Å². The maximum absolute atomic E-state index is 12.5. The summed E-state index contributed by atoms with van der Waals surface area (Å²) in [7, 11) is -2.91. The van der Waals surface area contributed by atoms with Gasteiger partial charge in [-0.1, -0.05) is 30.3 Å². The number of carbonyl (C=O) groups is 1. The fourth-order valence-electron chi connectivity index (χ4n) is 3.90. The Bertz CT molecular complexity index is 924. The van der Waals surface area contributed by atoms with Gasteiger partial charge in [-0.25, -0.2) is 13.2 Å². The zero-order valence-electron chi connectivity index (χ0n) is 15.1. The smallest absolute Gasteiger partial charge is 0.317 e. The fourth-order valence-corrected chi connectivity index (χ4v) is 5.76. The van der Waals surface area contributed by atoms with Gasteiger partial charge in [0.1, 0.15) is 0 Å². The molecule has 1 unspecified atom stereocenters. The second kappa shape index (κ2) is 7.34. The molecule has 0 spiro atoms. The highest BCUT2D eigenvalue weighted by molar-refractivity contribution is 7.91. The van der Waals surface area contributed by atoms with E-state index in [9.17, 15) is 13.2 Å². The Hall–Kier alpha value is -2.35. The Balaban J connectivity index is 1.37. The number of rotatable bonds is 3. The molecule has 7 nitrogen and oxygen atoms in total. The second-order valence-electron chi connectivity index (χ2n) is 7.34. The number of hydrogen-bond donors (Lipinski definition) is 2. The maximum Gasteiger partial charge on any atom is 0.317 e. The maximum atomic E-state index is 12.5. The quantitative estimate of drug-likeness (QED) is 0.835. The summed E-state index contributed by atoms with van der Waals surface area (Å²) in [6, 6.07) is 9.95. The SMILES string of the molecule is O=C(NCC1CCS(=O)(=O)C1)N1CCc2[nH]nc(-c3ccccc3)c2CC1. The number of benzene rings is 1. The summed E-state index contributed by atoms with van der Waals surface area (Å²) < 4.78 is 23.1. The van der Waals surface area contributed by atoms with E-state index >= 15 is 0 Å². The number of hydrogen-bond acceptors (Lipinski definition) is 4. The number of nitrogens with one attached hydrogen (secondary N) is 2. The summed E-state index contributed by atoms with van der Waals surface area (Å²) in [5.41, 5.74) is 4.31. The number of carbonyl (C=O) groups excluding carboxylic acids is 1. The minimum Gasteiger partial charge on any atom is -0.338 e. The largest absolute Gasteiger partial charge is 0.338 e. The highest BCUT2D eigenvalue weighted by Crippen LogP contribution is 2.26. The highest BCUT2D eigenvalue weighted by atomic mass is 32.2. The van der Waals surface area contributed by atoms with Crippen LogP contribution in [0.4, 0.5) is 4.79 Å². The number of sulfone groups is 1. The Morgan fingerprint density at radius 3 is 2.74 bits per heavy atom. The van der Waals surface area contributed by atoms with E-state index in [1.807, 2.05) is 35.2 Å². The molecule has 1 atom stereocenters. The van der Waals surface area contributed by atoms with E-state index in [0.717, 1.165) is 29.8 Å². The van der Waals surface area contributed by atoms with Crippen LogP contribution in [0.25, 0.3) is 11.3 Å². The predicted octanol–water partition coefficient (Wildman–Crippen LogP) is 1.62. The molecule has 1 fully saturated rings. The van der Waals surface area contributed by atoms with E-state index in [1.165, 1.54) is 5.56 Å². The van der Waals surface area contributed by atoms with Crippen LogP contribution < -0.4 is 5.32 Å². The van der Waals surface area contributed by atoms with Crippen molar-refractivity contribution in [3.8, 4) is 11.3 Å².